The van der Waals surface area contributed by atoms with E-state index < -0.39 is 0 Å². The summed E-state index contributed by atoms with van der Waals surface area (Å²) in [7, 11) is 0. The lowest BCUT2D eigenvalue weighted by Gasteiger charge is -2.07. The van der Waals surface area contributed by atoms with Crippen LogP contribution in [-0.4, -0.2) is 10.8 Å². The van der Waals surface area contributed by atoms with Crippen LogP contribution in [0.15, 0.2) is 36.4 Å². The van der Waals surface area contributed by atoms with Crippen molar-refractivity contribution in [2.24, 2.45) is 0 Å². The Balaban J connectivity index is 2.58. The average molecular weight is 229 g/mol. The molecule has 0 N–H and O–H groups in total. The number of hydrogen-bond acceptors (Lipinski definition) is 2. The molecule has 1 heterocycles. The van der Waals surface area contributed by atoms with Gasteiger partial charge in [-0.15, -0.1) is 0 Å². The Hall–Kier alpha value is -2.03. The summed E-state index contributed by atoms with van der Waals surface area (Å²) in [5.41, 5.74) is 2.75. The third-order valence-electron chi connectivity index (χ3n) is 2.52. The van der Waals surface area contributed by atoms with E-state index in [9.17, 15) is 9.18 Å². The van der Waals surface area contributed by atoms with Crippen LogP contribution in [0.25, 0.3) is 11.1 Å². The minimum Gasteiger partial charge on any atom is -0.293 e. The molecule has 1 aromatic carbocycles. The molecule has 0 bridgehead atoms. The summed E-state index contributed by atoms with van der Waals surface area (Å²) in [6.07, 6.45) is 0. The van der Waals surface area contributed by atoms with Gasteiger partial charge < -0.3 is 0 Å². The highest BCUT2D eigenvalue weighted by atomic mass is 19.1. The molecule has 17 heavy (non-hydrogen) atoms. The number of pyridine rings is 1. The number of aromatic nitrogens is 1. The van der Waals surface area contributed by atoms with Gasteiger partial charge in [0.1, 0.15) is 11.5 Å². The highest BCUT2D eigenvalue weighted by molar-refractivity contribution is 5.98. The summed E-state index contributed by atoms with van der Waals surface area (Å²) in [4.78, 5) is 15.8. The van der Waals surface area contributed by atoms with Crippen molar-refractivity contribution in [2.75, 3.05) is 0 Å². The molecular weight excluding hydrogens is 217 g/mol. The van der Waals surface area contributed by atoms with Gasteiger partial charge in [-0.25, -0.2) is 9.37 Å². The molecule has 0 aliphatic rings. The van der Waals surface area contributed by atoms with Crippen molar-refractivity contribution in [3.05, 3.63) is 53.6 Å². The molecule has 0 aliphatic carbocycles. The topological polar surface area (TPSA) is 30.0 Å². The standard InChI is InChI=1S/C14H12FNO/c1-9-3-8-13(14(16-9)10(2)17)11-4-6-12(15)7-5-11/h3-8H,1-2H3. The molecule has 0 radical (unpaired) electrons. The number of carbonyl (C=O) groups is 1. The Morgan fingerprint density at radius 2 is 1.76 bits per heavy atom. The Labute approximate surface area is 99.1 Å². The number of ketones is 1. The minimum absolute atomic E-state index is 0.0898. The van der Waals surface area contributed by atoms with E-state index in [1.54, 1.807) is 12.1 Å². The predicted molar refractivity (Wildman–Crippen MR) is 64.4 cm³/mol. The fourth-order valence-electron chi connectivity index (χ4n) is 1.69. The first-order chi connectivity index (χ1) is 8.08. The number of halogens is 1. The second kappa shape index (κ2) is 4.45. The van der Waals surface area contributed by atoms with Crippen molar-refractivity contribution >= 4 is 5.78 Å². The van der Waals surface area contributed by atoms with Crippen LogP contribution in [0.5, 0.6) is 0 Å². The zero-order chi connectivity index (χ0) is 12.4. The average Bonchev–Trinajstić information content (AvgIpc) is 2.30. The largest absolute Gasteiger partial charge is 0.293 e. The second-order valence-electron chi connectivity index (χ2n) is 3.91. The maximum absolute atomic E-state index is 12.8. The number of Topliss-reactive ketones (excluding diaryl/α,β-unsaturated/α-hetero) is 1. The molecule has 1 aromatic heterocycles. The number of rotatable bonds is 2. The molecule has 2 rings (SSSR count). The first kappa shape index (κ1) is 11.5. The maximum atomic E-state index is 12.8. The second-order valence-corrected chi connectivity index (χ2v) is 3.91. The third kappa shape index (κ3) is 2.38. The molecular formula is C14H12FNO. The number of carbonyl (C=O) groups excluding carboxylic acids is 1. The van der Waals surface area contributed by atoms with Gasteiger partial charge in [-0.05, 0) is 30.7 Å². The van der Waals surface area contributed by atoms with E-state index in [-0.39, 0.29) is 11.6 Å². The van der Waals surface area contributed by atoms with Gasteiger partial charge >= 0.3 is 0 Å². The lowest BCUT2D eigenvalue weighted by molar-refractivity contribution is 0.101. The van der Waals surface area contributed by atoms with Crippen LogP contribution < -0.4 is 0 Å². The van der Waals surface area contributed by atoms with Crippen LogP contribution in [0, 0.1) is 12.7 Å². The first-order valence-corrected chi connectivity index (χ1v) is 5.32. The van der Waals surface area contributed by atoms with Crippen molar-refractivity contribution in [3.63, 3.8) is 0 Å². The van der Waals surface area contributed by atoms with Crippen molar-refractivity contribution in [3.8, 4) is 11.1 Å². The van der Waals surface area contributed by atoms with Gasteiger partial charge in [-0.3, -0.25) is 4.79 Å². The molecule has 2 aromatic rings. The van der Waals surface area contributed by atoms with Gasteiger partial charge in [0.2, 0.25) is 0 Å². The van der Waals surface area contributed by atoms with E-state index in [1.165, 1.54) is 19.1 Å². The molecule has 0 spiro atoms. The Morgan fingerprint density at radius 1 is 1.12 bits per heavy atom. The maximum Gasteiger partial charge on any atom is 0.178 e. The zero-order valence-electron chi connectivity index (χ0n) is 9.70. The molecule has 0 aliphatic heterocycles. The van der Waals surface area contributed by atoms with E-state index >= 15 is 0 Å². The summed E-state index contributed by atoms with van der Waals surface area (Å²) in [6.45, 7) is 3.32. The summed E-state index contributed by atoms with van der Waals surface area (Å²) in [6, 6.07) is 9.72. The summed E-state index contributed by atoms with van der Waals surface area (Å²) >= 11 is 0. The van der Waals surface area contributed by atoms with Gasteiger partial charge in [0.05, 0.1) is 0 Å². The third-order valence-corrected chi connectivity index (χ3v) is 2.52. The number of benzene rings is 1. The van der Waals surface area contributed by atoms with Crippen LogP contribution in [0.3, 0.4) is 0 Å². The SMILES string of the molecule is CC(=O)c1nc(C)ccc1-c1ccc(F)cc1. The molecule has 0 saturated carbocycles. The van der Waals surface area contributed by atoms with Crippen molar-refractivity contribution in [1.29, 1.82) is 0 Å². The zero-order valence-corrected chi connectivity index (χ0v) is 9.70. The molecule has 0 fully saturated rings. The number of hydrogen-bond donors (Lipinski definition) is 0. The summed E-state index contributed by atoms with van der Waals surface area (Å²) in [5, 5.41) is 0. The Bertz CT molecular complexity index is 561. The molecule has 86 valence electrons. The normalized spacial score (nSPS) is 10.3. The van der Waals surface area contributed by atoms with Crippen LogP contribution >= 0.6 is 0 Å². The lowest BCUT2D eigenvalue weighted by Crippen LogP contribution is -2.01. The van der Waals surface area contributed by atoms with Gasteiger partial charge in [-0.1, -0.05) is 18.2 Å². The monoisotopic (exact) mass is 229 g/mol. The van der Waals surface area contributed by atoms with Crippen LogP contribution in [0.2, 0.25) is 0 Å². The number of aryl methyl sites for hydroxylation is 1. The highest BCUT2D eigenvalue weighted by Crippen LogP contribution is 2.23. The van der Waals surface area contributed by atoms with E-state index in [1.807, 2.05) is 19.1 Å². The van der Waals surface area contributed by atoms with E-state index in [2.05, 4.69) is 4.98 Å². The highest BCUT2D eigenvalue weighted by Gasteiger charge is 2.11. The molecule has 2 nitrogen and oxygen atoms in total. The quantitative estimate of drug-likeness (QED) is 0.739. The van der Waals surface area contributed by atoms with E-state index in [4.69, 9.17) is 0 Å². The summed E-state index contributed by atoms with van der Waals surface area (Å²) < 4.78 is 12.8. The van der Waals surface area contributed by atoms with E-state index in [0.717, 1.165) is 16.8 Å². The van der Waals surface area contributed by atoms with Gasteiger partial charge in [0, 0.05) is 18.2 Å². The molecule has 0 saturated heterocycles. The van der Waals surface area contributed by atoms with Gasteiger partial charge in [0.15, 0.2) is 5.78 Å². The Kier molecular flexibility index (Phi) is 3.00. The van der Waals surface area contributed by atoms with Crippen molar-refractivity contribution in [2.45, 2.75) is 13.8 Å². The number of nitrogens with zero attached hydrogens (tertiary/aromatic N) is 1. The van der Waals surface area contributed by atoms with Crippen LogP contribution in [0.1, 0.15) is 23.1 Å². The smallest absolute Gasteiger partial charge is 0.178 e. The van der Waals surface area contributed by atoms with Gasteiger partial charge in [0.25, 0.3) is 0 Å². The van der Waals surface area contributed by atoms with Crippen LogP contribution in [-0.2, 0) is 0 Å². The fourth-order valence-corrected chi connectivity index (χ4v) is 1.69. The lowest BCUT2D eigenvalue weighted by atomic mass is 10.0. The van der Waals surface area contributed by atoms with E-state index in [0.29, 0.717) is 5.69 Å². The molecule has 0 atom stereocenters. The first-order valence-electron chi connectivity index (χ1n) is 5.32. The Morgan fingerprint density at radius 3 is 2.35 bits per heavy atom. The fraction of sp³-hybridized carbons (Fsp3) is 0.143. The van der Waals surface area contributed by atoms with Crippen molar-refractivity contribution in [1.82, 2.24) is 4.98 Å². The molecule has 3 heteroatoms. The minimum atomic E-state index is -0.293. The van der Waals surface area contributed by atoms with Gasteiger partial charge in [-0.2, -0.15) is 0 Å². The predicted octanol–water partition coefficient (Wildman–Crippen LogP) is 3.40. The summed E-state index contributed by atoms with van der Waals surface area (Å²) in [5.74, 6) is -0.383. The molecule has 0 unspecified atom stereocenters. The molecule has 0 amide bonds. The van der Waals surface area contributed by atoms with Crippen LogP contribution in [0.4, 0.5) is 4.39 Å². The van der Waals surface area contributed by atoms with Crippen molar-refractivity contribution < 1.29 is 9.18 Å².